The summed E-state index contributed by atoms with van der Waals surface area (Å²) in [7, 11) is 0. The number of rotatable bonds is 5. The Hall–Kier alpha value is -2.66. The molecule has 0 saturated heterocycles. The summed E-state index contributed by atoms with van der Waals surface area (Å²) in [6.07, 6.45) is 4.45. The molecule has 0 aliphatic heterocycles. The molecule has 1 fully saturated rings. The summed E-state index contributed by atoms with van der Waals surface area (Å²) in [6.45, 7) is 2.02. The first-order valence-corrected chi connectivity index (χ1v) is 8.56. The number of hydrogen-bond acceptors (Lipinski definition) is 3. The monoisotopic (exact) mass is 368 g/mol. The van der Waals surface area contributed by atoms with Crippen molar-refractivity contribution in [2.45, 2.75) is 32.1 Å². The topological polar surface area (TPSA) is 59.8 Å². The molecule has 1 aliphatic rings. The first-order chi connectivity index (χ1) is 12.2. The van der Waals surface area contributed by atoms with Gasteiger partial charge < -0.3 is 5.32 Å². The maximum atomic E-state index is 12.1. The molecule has 0 bridgehead atoms. The van der Waals surface area contributed by atoms with Crippen LogP contribution in [0.2, 0.25) is 0 Å². The number of carbonyl (C=O) groups is 1. The highest BCUT2D eigenvalue weighted by Crippen LogP contribution is 2.41. The molecule has 26 heavy (non-hydrogen) atoms. The summed E-state index contributed by atoms with van der Waals surface area (Å²) in [4.78, 5) is 16.3. The molecule has 6 heteroatoms. The Bertz CT molecular complexity index is 886. The lowest BCUT2D eigenvalue weighted by Crippen LogP contribution is -2.15. The van der Waals surface area contributed by atoms with Crippen LogP contribution in [0.4, 0.5) is 5.69 Å². The first-order valence-electron chi connectivity index (χ1n) is 8.56. The summed E-state index contributed by atoms with van der Waals surface area (Å²) in [5.41, 5.74) is 4.89. The molecule has 1 aliphatic carbocycles. The van der Waals surface area contributed by atoms with Crippen LogP contribution < -0.4 is 5.32 Å². The molecular weight excluding hydrogens is 348 g/mol. The zero-order valence-corrected chi connectivity index (χ0v) is 15.4. The van der Waals surface area contributed by atoms with Gasteiger partial charge in [0, 0.05) is 29.2 Å². The second kappa shape index (κ2) is 7.70. The number of amides is 1. The number of nitrogens with one attached hydrogen (secondary N) is 1. The number of hydrogen-bond donors (Lipinski definition) is 1. The molecule has 134 valence electrons. The molecule has 0 unspecified atom stereocenters. The van der Waals surface area contributed by atoms with Gasteiger partial charge in [0.15, 0.2) is 0 Å². The Balaban J connectivity index is 0.00000196. The van der Waals surface area contributed by atoms with Gasteiger partial charge in [-0.15, -0.1) is 12.4 Å². The number of carbonyl (C=O) groups excluding carboxylic acids is 1. The molecule has 1 saturated carbocycles. The number of benzene rings is 1. The van der Waals surface area contributed by atoms with E-state index in [-0.39, 0.29) is 24.7 Å². The standard InChI is InChI=1S/C20H20N4O.ClH/c1-14-12-19(15-5-6-15)24(23-14)18-9-7-16(8-10-18)22-20(25)13-17-4-2-3-11-21-17;/h2-4,7-12,15H,5-6,13H2,1H3,(H,22,25);1H. The molecule has 2 heterocycles. The van der Waals surface area contributed by atoms with E-state index in [0.29, 0.717) is 5.92 Å². The largest absolute Gasteiger partial charge is 0.326 e. The lowest BCUT2D eigenvalue weighted by molar-refractivity contribution is -0.115. The van der Waals surface area contributed by atoms with Crippen LogP contribution in [0.5, 0.6) is 0 Å². The minimum Gasteiger partial charge on any atom is -0.326 e. The van der Waals surface area contributed by atoms with Crippen LogP contribution >= 0.6 is 12.4 Å². The fourth-order valence-corrected chi connectivity index (χ4v) is 2.95. The minimum atomic E-state index is -0.0694. The lowest BCUT2D eigenvalue weighted by Gasteiger charge is -2.09. The Morgan fingerprint density at radius 2 is 1.96 bits per heavy atom. The zero-order valence-electron chi connectivity index (χ0n) is 14.6. The summed E-state index contributed by atoms with van der Waals surface area (Å²) in [6, 6.07) is 15.6. The number of aromatic nitrogens is 3. The van der Waals surface area contributed by atoms with Crippen molar-refractivity contribution < 1.29 is 4.79 Å². The summed E-state index contributed by atoms with van der Waals surface area (Å²) < 4.78 is 2.02. The molecule has 1 amide bonds. The van der Waals surface area contributed by atoms with Crippen LogP contribution in [0.15, 0.2) is 54.7 Å². The average Bonchev–Trinajstić information content (AvgIpc) is 3.38. The van der Waals surface area contributed by atoms with Crippen molar-refractivity contribution in [1.82, 2.24) is 14.8 Å². The molecule has 2 aromatic heterocycles. The normalized spacial score (nSPS) is 13.1. The van der Waals surface area contributed by atoms with Crippen LogP contribution in [-0.2, 0) is 11.2 Å². The fraction of sp³-hybridized carbons (Fsp3) is 0.250. The van der Waals surface area contributed by atoms with E-state index in [1.165, 1.54) is 18.5 Å². The maximum Gasteiger partial charge on any atom is 0.230 e. The van der Waals surface area contributed by atoms with Gasteiger partial charge in [-0.05, 0) is 62.2 Å². The lowest BCUT2D eigenvalue weighted by atomic mass is 10.2. The Morgan fingerprint density at radius 3 is 2.62 bits per heavy atom. The number of anilines is 1. The quantitative estimate of drug-likeness (QED) is 0.738. The van der Waals surface area contributed by atoms with E-state index in [9.17, 15) is 4.79 Å². The van der Waals surface area contributed by atoms with Crippen molar-refractivity contribution in [3.63, 3.8) is 0 Å². The van der Waals surface area contributed by atoms with E-state index in [4.69, 9.17) is 0 Å². The third-order valence-corrected chi connectivity index (χ3v) is 4.32. The zero-order chi connectivity index (χ0) is 17.2. The van der Waals surface area contributed by atoms with Gasteiger partial charge in [0.05, 0.1) is 17.8 Å². The second-order valence-corrected chi connectivity index (χ2v) is 6.49. The number of pyridine rings is 1. The Morgan fingerprint density at radius 1 is 1.19 bits per heavy atom. The molecule has 5 nitrogen and oxygen atoms in total. The van der Waals surface area contributed by atoms with E-state index < -0.39 is 0 Å². The van der Waals surface area contributed by atoms with Crippen molar-refractivity contribution in [3.05, 3.63) is 71.8 Å². The van der Waals surface area contributed by atoms with Gasteiger partial charge in [0.2, 0.25) is 5.91 Å². The van der Waals surface area contributed by atoms with E-state index in [1.54, 1.807) is 6.20 Å². The van der Waals surface area contributed by atoms with E-state index in [1.807, 2.05) is 54.1 Å². The van der Waals surface area contributed by atoms with Gasteiger partial charge in [-0.3, -0.25) is 9.78 Å². The fourth-order valence-electron chi connectivity index (χ4n) is 2.95. The van der Waals surface area contributed by atoms with Gasteiger partial charge in [-0.1, -0.05) is 6.07 Å². The van der Waals surface area contributed by atoms with Crippen LogP contribution in [-0.4, -0.2) is 20.7 Å². The summed E-state index contributed by atoms with van der Waals surface area (Å²) in [5.74, 6) is 0.569. The van der Waals surface area contributed by atoms with Crippen LogP contribution in [0.3, 0.4) is 0 Å². The molecule has 0 spiro atoms. The smallest absolute Gasteiger partial charge is 0.230 e. The number of aryl methyl sites for hydroxylation is 1. The first kappa shape index (κ1) is 18.1. The molecule has 3 aromatic rings. The Kier molecular flexibility index (Phi) is 5.38. The SMILES string of the molecule is Cc1cc(C2CC2)n(-c2ccc(NC(=O)Cc3ccccn3)cc2)n1.Cl. The number of halogens is 1. The van der Waals surface area contributed by atoms with Gasteiger partial charge in [0.1, 0.15) is 0 Å². The highest BCUT2D eigenvalue weighted by Gasteiger charge is 2.28. The van der Waals surface area contributed by atoms with Crippen molar-refractivity contribution in [3.8, 4) is 5.69 Å². The molecule has 1 N–H and O–H groups in total. The van der Waals surface area contributed by atoms with Crippen molar-refractivity contribution in [2.24, 2.45) is 0 Å². The van der Waals surface area contributed by atoms with E-state index in [0.717, 1.165) is 22.8 Å². The predicted octanol–water partition coefficient (Wildman–Crippen LogP) is 4.06. The highest BCUT2D eigenvalue weighted by molar-refractivity contribution is 5.92. The average molecular weight is 369 g/mol. The minimum absolute atomic E-state index is 0. The predicted molar refractivity (Wildman–Crippen MR) is 104 cm³/mol. The highest BCUT2D eigenvalue weighted by atomic mass is 35.5. The third-order valence-electron chi connectivity index (χ3n) is 4.32. The summed E-state index contributed by atoms with van der Waals surface area (Å²) in [5, 5.41) is 7.53. The molecule has 4 rings (SSSR count). The number of nitrogens with zero attached hydrogens (tertiary/aromatic N) is 3. The molecule has 1 aromatic carbocycles. The maximum absolute atomic E-state index is 12.1. The summed E-state index contributed by atoms with van der Waals surface area (Å²) >= 11 is 0. The van der Waals surface area contributed by atoms with Crippen molar-refractivity contribution in [1.29, 1.82) is 0 Å². The molecule has 0 radical (unpaired) electrons. The van der Waals surface area contributed by atoms with Crippen LogP contribution in [0, 0.1) is 6.92 Å². The Labute approximate surface area is 158 Å². The van der Waals surface area contributed by atoms with Crippen LogP contribution in [0.25, 0.3) is 5.69 Å². The van der Waals surface area contributed by atoms with Crippen LogP contribution in [0.1, 0.15) is 35.8 Å². The van der Waals surface area contributed by atoms with E-state index in [2.05, 4.69) is 21.5 Å². The molecule has 0 atom stereocenters. The second-order valence-electron chi connectivity index (χ2n) is 6.49. The third kappa shape index (κ3) is 4.11. The van der Waals surface area contributed by atoms with Gasteiger partial charge >= 0.3 is 0 Å². The van der Waals surface area contributed by atoms with Crippen molar-refractivity contribution in [2.75, 3.05) is 5.32 Å². The van der Waals surface area contributed by atoms with Gasteiger partial charge in [-0.2, -0.15) is 5.10 Å². The van der Waals surface area contributed by atoms with E-state index >= 15 is 0 Å². The molecular formula is C20H21ClN4O. The van der Waals surface area contributed by atoms with Gasteiger partial charge in [0.25, 0.3) is 0 Å². The van der Waals surface area contributed by atoms with Gasteiger partial charge in [-0.25, -0.2) is 4.68 Å². The van der Waals surface area contributed by atoms with Crippen molar-refractivity contribution >= 4 is 24.0 Å².